The van der Waals surface area contributed by atoms with Crippen LogP contribution in [0.15, 0.2) is 30.3 Å². The molecule has 140 valence electrons. The fourth-order valence-electron chi connectivity index (χ4n) is 2.77. The zero-order valence-electron chi connectivity index (χ0n) is 16.1. The van der Waals surface area contributed by atoms with Crippen molar-refractivity contribution in [1.29, 1.82) is 0 Å². The van der Waals surface area contributed by atoms with Gasteiger partial charge in [-0.2, -0.15) is 15.3 Å². The van der Waals surface area contributed by atoms with E-state index in [1.54, 1.807) is 0 Å². The molecule has 1 aromatic carbocycles. The molecule has 2 heterocycles. The van der Waals surface area contributed by atoms with Gasteiger partial charge in [-0.3, -0.25) is 14.3 Å². The van der Waals surface area contributed by atoms with Crippen LogP contribution in [0.5, 0.6) is 0 Å². The van der Waals surface area contributed by atoms with E-state index in [-0.39, 0.29) is 12.3 Å². The summed E-state index contributed by atoms with van der Waals surface area (Å²) in [5.41, 5.74) is 2.78. The standard InChI is InChI=1S/C20H22N4O3/c1-12-6-8-16(22-21-12)14-7-9-17-15(10-14)19(13(2)25)23-24(17)11-18(26)27-20(3,4)5/h6-10H,11H2,1-5H3. The minimum Gasteiger partial charge on any atom is -0.459 e. The number of ketones is 1. The second-order valence-electron chi connectivity index (χ2n) is 7.44. The van der Waals surface area contributed by atoms with Crippen molar-refractivity contribution in [2.45, 2.75) is 46.8 Å². The molecule has 0 saturated carbocycles. The molecule has 0 aliphatic rings. The number of Topliss-reactive ketones (excluding diaryl/α,β-unsaturated/α-hetero) is 1. The number of nitrogens with zero attached hydrogens (tertiary/aromatic N) is 4. The Kier molecular flexibility index (Phi) is 4.78. The number of hydrogen-bond acceptors (Lipinski definition) is 6. The van der Waals surface area contributed by atoms with Gasteiger partial charge < -0.3 is 4.74 Å². The van der Waals surface area contributed by atoms with E-state index < -0.39 is 11.6 Å². The van der Waals surface area contributed by atoms with E-state index >= 15 is 0 Å². The zero-order valence-corrected chi connectivity index (χ0v) is 16.1. The molecule has 7 nitrogen and oxygen atoms in total. The highest BCUT2D eigenvalue weighted by Gasteiger charge is 2.20. The highest BCUT2D eigenvalue weighted by Crippen LogP contribution is 2.26. The Bertz CT molecular complexity index is 1010. The monoisotopic (exact) mass is 366 g/mol. The maximum absolute atomic E-state index is 12.2. The molecule has 3 rings (SSSR count). The molecule has 2 aromatic heterocycles. The molecule has 0 aliphatic heterocycles. The lowest BCUT2D eigenvalue weighted by atomic mass is 10.1. The Balaban J connectivity index is 2.03. The number of fused-ring (bicyclic) bond motifs is 1. The summed E-state index contributed by atoms with van der Waals surface area (Å²) in [5.74, 6) is -0.578. The first-order chi connectivity index (χ1) is 12.6. The van der Waals surface area contributed by atoms with E-state index in [1.165, 1.54) is 11.6 Å². The van der Waals surface area contributed by atoms with Gasteiger partial charge in [-0.1, -0.05) is 6.07 Å². The first-order valence-electron chi connectivity index (χ1n) is 8.68. The fraction of sp³-hybridized carbons (Fsp3) is 0.350. The number of carbonyl (C=O) groups excluding carboxylic acids is 2. The third-order valence-electron chi connectivity index (χ3n) is 3.88. The SMILES string of the molecule is CC(=O)c1nn(CC(=O)OC(C)(C)C)c2ccc(-c3ccc(C)nn3)cc12. The van der Waals surface area contributed by atoms with Crippen molar-refractivity contribution in [3.8, 4) is 11.3 Å². The summed E-state index contributed by atoms with van der Waals surface area (Å²) in [6, 6.07) is 9.31. The van der Waals surface area contributed by atoms with Crippen LogP contribution < -0.4 is 0 Å². The maximum Gasteiger partial charge on any atom is 0.328 e. The Hall–Kier alpha value is -3.09. The van der Waals surface area contributed by atoms with E-state index in [0.29, 0.717) is 22.3 Å². The number of aromatic nitrogens is 4. The summed E-state index contributed by atoms with van der Waals surface area (Å²) in [7, 11) is 0. The first kappa shape index (κ1) is 18.7. The third-order valence-corrected chi connectivity index (χ3v) is 3.88. The summed E-state index contributed by atoms with van der Waals surface area (Å²) in [5, 5.41) is 13.3. The largest absolute Gasteiger partial charge is 0.459 e. The summed E-state index contributed by atoms with van der Waals surface area (Å²) >= 11 is 0. The van der Waals surface area contributed by atoms with Crippen LogP contribution in [0.1, 0.15) is 43.9 Å². The lowest BCUT2D eigenvalue weighted by Gasteiger charge is -2.19. The van der Waals surface area contributed by atoms with Gasteiger partial charge in [-0.15, -0.1) is 0 Å². The molecule has 0 spiro atoms. The number of carbonyl (C=O) groups is 2. The summed E-state index contributed by atoms with van der Waals surface area (Å²) in [6.45, 7) is 8.68. The van der Waals surface area contributed by atoms with Gasteiger partial charge in [0.25, 0.3) is 0 Å². The van der Waals surface area contributed by atoms with Crippen molar-refractivity contribution < 1.29 is 14.3 Å². The topological polar surface area (TPSA) is 87.0 Å². The molecule has 0 radical (unpaired) electrons. The quantitative estimate of drug-likeness (QED) is 0.520. The molecule has 0 saturated heterocycles. The highest BCUT2D eigenvalue weighted by atomic mass is 16.6. The average molecular weight is 366 g/mol. The smallest absolute Gasteiger partial charge is 0.328 e. The molecule has 0 atom stereocenters. The third kappa shape index (κ3) is 4.19. The normalized spacial score (nSPS) is 11.6. The Morgan fingerprint density at radius 1 is 1.11 bits per heavy atom. The van der Waals surface area contributed by atoms with Crippen LogP contribution >= 0.6 is 0 Å². The fourth-order valence-corrected chi connectivity index (χ4v) is 2.77. The maximum atomic E-state index is 12.2. The minimum atomic E-state index is -0.583. The Morgan fingerprint density at radius 2 is 1.85 bits per heavy atom. The lowest BCUT2D eigenvalue weighted by Crippen LogP contribution is -2.26. The minimum absolute atomic E-state index is 0.0647. The highest BCUT2D eigenvalue weighted by molar-refractivity contribution is 6.06. The molecule has 27 heavy (non-hydrogen) atoms. The van der Waals surface area contributed by atoms with Crippen LogP contribution in [0.25, 0.3) is 22.2 Å². The van der Waals surface area contributed by atoms with Crippen LogP contribution in [0.4, 0.5) is 0 Å². The van der Waals surface area contributed by atoms with Crippen LogP contribution in [0, 0.1) is 6.92 Å². The second-order valence-corrected chi connectivity index (χ2v) is 7.44. The van der Waals surface area contributed by atoms with E-state index in [4.69, 9.17) is 4.74 Å². The van der Waals surface area contributed by atoms with E-state index in [9.17, 15) is 9.59 Å². The molecule has 0 N–H and O–H groups in total. The van der Waals surface area contributed by atoms with Gasteiger partial charge in [0, 0.05) is 17.9 Å². The molecule has 7 heteroatoms. The molecular weight excluding hydrogens is 344 g/mol. The molecule has 0 unspecified atom stereocenters. The van der Waals surface area contributed by atoms with Gasteiger partial charge in [-0.25, -0.2) is 0 Å². The number of benzene rings is 1. The van der Waals surface area contributed by atoms with Gasteiger partial charge in [0.1, 0.15) is 17.8 Å². The van der Waals surface area contributed by atoms with Gasteiger partial charge in [0.15, 0.2) is 5.78 Å². The van der Waals surface area contributed by atoms with Gasteiger partial charge in [-0.05, 0) is 52.0 Å². The van der Waals surface area contributed by atoms with E-state index in [1.807, 2.05) is 58.0 Å². The van der Waals surface area contributed by atoms with Gasteiger partial charge in [0.05, 0.1) is 16.9 Å². The first-order valence-corrected chi connectivity index (χ1v) is 8.68. The number of ether oxygens (including phenoxy) is 1. The summed E-state index contributed by atoms with van der Waals surface area (Å²) in [4.78, 5) is 24.2. The average Bonchev–Trinajstić information content (AvgIpc) is 2.92. The van der Waals surface area contributed by atoms with Crippen LogP contribution in [-0.2, 0) is 16.1 Å². The van der Waals surface area contributed by atoms with Crippen LogP contribution in [0.3, 0.4) is 0 Å². The van der Waals surface area contributed by atoms with Crippen molar-refractivity contribution in [3.05, 3.63) is 41.7 Å². The lowest BCUT2D eigenvalue weighted by molar-refractivity contribution is -0.155. The molecule has 0 aliphatic carbocycles. The predicted molar refractivity (Wildman–Crippen MR) is 101 cm³/mol. The zero-order chi connectivity index (χ0) is 19.8. The van der Waals surface area contributed by atoms with Crippen molar-refractivity contribution >= 4 is 22.7 Å². The predicted octanol–water partition coefficient (Wildman–Crippen LogP) is 3.35. The van der Waals surface area contributed by atoms with Gasteiger partial charge >= 0.3 is 5.97 Å². The second kappa shape index (κ2) is 6.90. The van der Waals surface area contributed by atoms with Crippen LogP contribution in [0.2, 0.25) is 0 Å². The number of aryl methyl sites for hydroxylation is 1. The molecular formula is C20H22N4O3. The summed E-state index contributed by atoms with van der Waals surface area (Å²) < 4.78 is 6.87. The van der Waals surface area contributed by atoms with Crippen LogP contribution in [-0.4, -0.2) is 37.3 Å². The van der Waals surface area contributed by atoms with Crippen molar-refractivity contribution in [3.63, 3.8) is 0 Å². The van der Waals surface area contributed by atoms with Gasteiger partial charge in [0.2, 0.25) is 0 Å². The summed E-state index contributed by atoms with van der Waals surface area (Å²) in [6.07, 6.45) is 0. The van der Waals surface area contributed by atoms with Crippen molar-refractivity contribution in [1.82, 2.24) is 20.0 Å². The van der Waals surface area contributed by atoms with E-state index in [0.717, 1.165) is 11.3 Å². The van der Waals surface area contributed by atoms with Crippen molar-refractivity contribution in [2.24, 2.45) is 0 Å². The number of rotatable bonds is 4. The molecule has 0 fully saturated rings. The molecule has 0 amide bonds. The van der Waals surface area contributed by atoms with Crippen molar-refractivity contribution in [2.75, 3.05) is 0 Å². The number of hydrogen-bond donors (Lipinski definition) is 0. The molecule has 3 aromatic rings. The van der Waals surface area contributed by atoms with E-state index in [2.05, 4.69) is 15.3 Å². The number of esters is 1. The molecule has 0 bridgehead atoms. The Labute approximate surface area is 157 Å². The Morgan fingerprint density at radius 3 is 2.44 bits per heavy atom.